The summed E-state index contributed by atoms with van der Waals surface area (Å²) in [6, 6.07) is 0. The Hall–Kier alpha value is -1.29. The number of hydrogen-bond acceptors (Lipinski definition) is 4. The Morgan fingerprint density at radius 1 is 1.67 bits per heavy atom. The number of fused-ring (bicyclic) bond motifs is 1. The molecular weight excluding hydrogens is 196 g/mol. The Morgan fingerprint density at radius 2 is 2.33 bits per heavy atom. The second-order valence-corrected chi connectivity index (χ2v) is 3.43. The topological polar surface area (TPSA) is 55.8 Å². The molecule has 0 radical (unpaired) electrons. The Bertz CT molecular complexity index is 270. The van der Waals surface area contributed by atoms with Crippen LogP contribution in [0.1, 0.15) is 19.8 Å². The Balaban J connectivity index is 0.000000337. The molecule has 4 nitrogen and oxygen atoms in total. The van der Waals surface area contributed by atoms with Crippen LogP contribution in [0.5, 0.6) is 0 Å². The number of aliphatic hydroxyl groups is 1. The molecular formula is C11H16O4. The number of rotatable bonds is 0. The molecule has 0 saturated carbocycles. The maximum absolute atomic E-state index is 11.1. The Labute approximate surface area is 89.2 Å². The molecule has 2 aliphatic heterocycles. The van der Waals surface area contributed by atoms with E-state index in [2.05, 4.69) is 6.58 Å². The zero-order valence-corrected chi connectivity index (χ0v) is 8.81. The molecule has 0 amide bonds. The molecule has 0 aromatic carbocycles. The van der Waals surface area contributed by atoms with Gasteiger partial charge in [0.05, 0.1) is 18.4 Å². The third-order valence-corrected chi connectivity index (χ3v) is 2.21. The van der Waals surface area contributed by atoms with E-state index in [-0.39, 0.29) is 11.9 Å². The summed E-state index contributed by atoms with van der Waals surface area (Å²) in [7, 11) is 0. The van der Waals surface area contributed by atoms with Crippen molar-refractivity contribution < 1.29 is 19.4 Å². The number of carbonyl (C=O) groups is 1. The molecule has 0 bridgehead atoms. The number of allylic oxidation sites excluding steroid dienone is 1. The smallest absolute Gasteiger partial charge is 0.337 e. The molecule has 15 heavy (non-hydrogen) atoms. The molecule has 0 aliphatic carbocycles. The van der Waals surface area contributed by atoms with Crippen molar-refractivity contribution in [1.82, 2.24) is 0 Å². The zero-order valence-electron chi connectivity index (χ0n) is 8.81. The van der Waals surface area contributed by atoms with Gasteiger partial charge in [0.2, 0.25) is 0 Å². The predicted octanol–water partition coefficient (Wildman–Crippen LogP) is 1.36. The minimum absolute atomic E-state index is 0.120. The van der Waals surface area contributed by atoms with Gasteiger partial charge in [-0.15, -0.1) is 6.58 Å². The van der Waals surface area contributed by atoms with Gasteiger partial charge in [-0.3, -0.25) is 0 Å². The van der Waals surface area contributed by atoms with Crippen molar-refractivity contribution in [2.45, 2.75) is 26.1 Å². The summed E-state index contributed by atoms with van der Waals surface area (Å²) in [5, 5.41) is 9.12. The number of hydrogen-bond donors (Lipinski definition) is 1. The van der Waals surface area contributed by atoms with Crippen LogP contribution >= 0.6 is 0 Å². The van der Waals surface area contributed by atoms with Crippen LogP contribution < -0.4 is 0 Å². The molecule has 2 rings (SSSR count). The minimum Gasteiger partial charge on any atom is -0.472 e. The summed E-state index contributed by atoms with van der Waals surface area (Å²) < 4.78 is 9.62. The lowest BCUT2D eigenvalue weighted by Crippen LogP contribution is -2.31. The van der Waals surface area contributed by atoms with Gasteiger partial charge < -0.3 is 14.6 Å². The van der Waals surface area contributed by atoms with Crippen molar-refractivity contribution in [3.8, 4) is 0 Å². The number of ether oxygens (including phenoxy) is 2. The fourth-order valence-corrected chi connectivity index (χ4v) is 1.54. The maximum Gasteiger partial charge on any atom is 0.337 e. The highest BCUT2D eigenvalue weighted by atomic mass is 16.6. The van der Waals surface area contributed by atoms with E-state index in [0.717, 1.165) is 6.42 Å². The lowest BCUT2D eigenvalue weighted by atomic mass is 9.90. The van der Waals surface area contributed by atoms with Crippen LogP contribution in [0.4, 0.5) is 0 Å². The molecule has 0 aromatic heterocycles. The van der Waals surface area contributed by atoms with Gasteiger partial charge in [0.1, 0.15) is 0 Å². The van der Waals surface area contributed by atoms with Crippen LogP contribution in [0.2, 0.25) is 0 Å². The van der Waals surface area contributed by atoms with Crippen molar-refractivity contribution in [3.63, 3.8) is 0 Å². The highest BCUT2D eigenvalue weighted by molar-refractivity contribution is 5.89. The highest BCUT2D eigenvalue weighted by Crippen LogP contribution is 2.30. The first kappa shape index (κ1) is 11.8. The van der Waals surface area contributed by atoms with Crippen molar-refractivity contribution in [2.24, 2.45) is 5.92 Å². The summed E-state index contributed by atoms with van der Waals surface area (Å²) >= 11 is 0. The molecule has 2 atom stereocenters. The van der Waals surface area contributed by atoms with Gasteiger partial charge >= 0.3 is 5.97 Å². The first-order valence-electron chi connectivity index (χ1n) is 4.96. The van der Waals surface area contributed by atoms with Crippen LogP contribution in [-0.4, -0.2) is 24.0 Å². The summed E-state index contributed by atoms with van der Waals surface area (Å²) in [6.07, 6.45) is 3.60. The molecule has 2 aliphatic rings. The van der Waals surface area contributed by atoms with E-state index < -0.39 is 6.29 Å². The van der Waals surface area contributed by atoms with E-state index in [9.17, 15) is 4.79 Å². The molecule has 2 heterocycles. The highest BCUT2D eigenvalue weighted by Gasteiger charge is 2.32. The van der Waals surface area contributed by atoms with E-state index in [1.54, 1.807) is 6.08 Å². The van der Waals surface area contributed by atoms with Gasteiger partial charge in [-0.1, -0.05) is 6.08 Å². The van der Waals surface area contributed by atoms with Gasteiger partial charge in [0.25, 0.3) is 0 Å². The number of cyclic esters (lactones) is 1. The van der Waals surface area contributed by atoms with Crippen LogP contribution in [-0.2, 0) is 14.3 Å². The third-order valence-electron chi connectivity index (χ3n) is 2.21. The average Bonchev–Trinajstić information content (AvgIpc) is 2.19. The van der Waals surface area contributed by atoms with Crippen LogP contribution in [0, 0.1) is 5.92 Å². The van der Waals surface area contributed by atoms with Crippen molar-refractivity contribution in [3.05, 3.63) is 24.5 Å². The summed E-state index contributed by atoms with van der Waals surface area (Å²) in [4.78, 5) is 11.1. The lowest BCUT2D eigenvalue weighted by Gasteiger charge is -2.29. The fourth-order valence-electron chi connectivity index (χ4n) is 1.54. The number of carbonyl (C=O) groups excluding carboxylic acids is 1. The third kappa shape index (κ3) is 3.09. The second-order valence-electron chi connectivity index (χ2n) is 3.43. The SMILES string of the molecule is C=CC.O=C1OCC[C@H]2CC(O)OC=C12. The van der Waals surface area contributed by atoms with Crippen molar-refractivity contribution in [1.29, 1.82) is 0 Å². The van der Waals surface area contributed by atoms with Gasteiger partial charge in [0.15, 0.2) is 6.29 Å². The molecule has 4 heteroatoms. The van der Waals surface area contributed by atoms with Gasteiger partial charge in [-0.25, -0.2) is 4.79 Å². The van der Waals surface area contributed by atoms with Crippen molar-refractivity contribution >= 4 is 5.97 Å². The molecule has 1 saturated heterocycles. The van der Waals surface area contributed by atoms with E-state index in [1.165, 1.54) is 6.26 Å². The summed E-state index contributed by atoms with van der Waals surface area (Å²) in [6.45, 7) is 5.70. The molecule has 1 unspecified atom stereocenters. The largest absolute Gasteiger partial charge is 0.472 e. The second kappa shape index (κ2) is 5.56. The first-order chi connectivity index (χ1) is 7.19. The molecule has 0 aromatic rings. The van der Waals surface area contributed by atoms with Crippen molar-refractivity contribution in [2.75, 3.05) is 6.61 Å². The normalized spacial score (nSPS) is 28.4. The van der Waals surface area contributed by atoms with E-state index in [1.807, 2.05) is 6.92 Å². The minimum atomic E-state index is -0.760. The monoisotopic (exact) mass is 212 g/mol. The molecule has 1 fully saturated rings. The molecule has 84 valence electrons. The number of esters is 1. The standard InChI is InChI=1S/C8H10O4.C3H6/c9-7-3-5-1-2-11-8(10)6(5)4-12-7;1-3-2/h4-5,7,9H,1-3H2;3H,1H2,2H3/t5-,7?;/m0./s1. The van der Waals surface area contributed by atoms with E-state index >= 15 is 0 Å². The maximum atomic E-state index is 11.1. The quantitative estimate of drug-likeness (QED) is 0.486. The van der Waals surface area contributed by atoms with Crippen LogP contribution in [0.3, 0.4) is 0 Å². The predicted molar refractivity (Wildman–Crippen MR) is 54.7 cm³/mol. The van der Waals surface area contributed by atoms with E-state index in [4.69, 9.17) is 14.6 Å². The Morgan fingerprint density at radius 3 is 3.00 bits per heavy atom. The van der Waals surface area contributed by atoms with Gasteiger partial charge in [0, 0.05) is 12.3 Å². The molecule has 1 N–H and O–H groups in total. The zero-order chi connectivity index (χ0) is 11.3. The van der Waals surface area contributed by atoms with E-state index in [0.29, 0.717) is 18.6 Å². The lowest BCUT2D eigenvalue weighted by molar-refractivity contribution is -0.147. The first-order valence-corrected chi connectivity index (χ1v) is 4.96. The van der Waals surface area contributed by atoms with Crippen LogP contribution in [0.15, 0.2) is 24.5 Å². The Kier molecular flexibility index (Phi) is 4.37. The summed E-state index contributed by atoms with van der Waals surface area (Å²) in [5.41, 5.74) is 0.562. The van der Waals surface area contributed by atoms with Gasteiger partial charge in [-0.05, 0) is 13.3 Å². The summed E-state index contributed by atoms with van der Waals surface area (Å²) in [5.74, 6) is -0.187. The average molecular weight is 212 g/mol. The fraction of sp³-hybridized carbons (Fsp3) is 0.545. The van der Waals surface area contributed by atoms with Crippen LogP contribution in [0.25, 0.3) is 0 Å². The number of aliphatic hydroxyl groups excluding tert-OH is 1. The molecule has 0 spiro atoms. The van der Waals surface area contributed by atoms with Gasteiger partial charge in [-0.2, -0.15) is 0 Å².